The number of amides is 1. The van der Waals surface area contributed by atoms with Crippen LogP contribution in [0, 0.1) is 22.7 Å². The van der Waals surface area contributed by atoms with E-state index in [-0.39, 0.29) is 25.1 Å². The summed E-state index contributed by atoms with van der Waals surface area (Å²) in [7, 11) is 0. The van der Waals surface area contributed by atoms with Gasteiger partial charge < -0.3 is 9.64 Å². The molecular weight excluding hydrogens is 290 g/mol. The minimum Gasteiger partial charge on any atom is -0.490 e. The van der Waals surface area contributed by atoms with E-state index in [0.717, 1.165) is 24.2 Å². The molecule has 0 N–H and O–H groups in total. The first-order chi connectivity index (χ1) is 11.2. The summed E-state index contributed by atoms with van der Waals surface area (Å²) in [6, 6.07) is 11.3. The van der Waals surface area contributed by atoms with E-state index in [1.165, 1.54) is 23.8 Å². The van der Waals surface area contributed by atoms with Gasteiger partial charge in [-0.2, -0.15) is 10.5 Å². The van der Waals surface area contributed by atoms with Crippen LogP contribution in [-0.2, 0) is 4.79 Å². The largest absolute Gasteiger partial charge is 0.490 e. The number of carbonyl (C=O) groups excluding carboxylic acids is 1. The number of carbonyl (C=O) groups is 1. The molecule has 5 heteroatoms. The maximum Gasteiger partial charge on any atom is 0.248 e. The van der Waals surface area contributed by atoms with Crippen LogP contribution in [0.1, 0.15) is 31.2 Å². The molecule has 0 heterocycles. The maximum atomic E-state index is 12.0. The van der Waals surface area contributed by atoms with E-state index in [0.29, 0.717) is 0 Å². The van der Waals surface area contributed by atoms with Crippen LogP contribution in [0.5, 0.6) is 5.75 Å². The van der Waals surface area contributed by atoms with Crippen molar-refractivity contribution in [2.24, 2.45) is 0 Å². The molecule has 1 amide bonds. The first kappa shape index (κ1) is 16.6. The van der Waals surface area contributed by atoms with E-state index in [9.17, 15) is 4.79 Å². The van der Waals surface area contributed by atoms with E-state index in [2.05, 4.69) is 0 Å². The molecule has 23 heavy (non-hydrogen) atoms. The number of rotatable bonds is 6. The minimum absolute atomic E-state index is 0.0957. The van der Waals surface area contributed by atoms with E-state index in [1.807, 2.05) is 36.4 Å². The molecule has 1 fully saturated rings. The second-order valence-electron chi connectivity index (χ2n) is 5.44. The highest BCUT2D eigenvalue weighted by Gasteiger charge is 2.16. The van der Waals surface area contributed by atoms with Gasteiger partial charge in [0.15, 0.2) is 0 Å². The van der Waals surface area contributed by atoms with Crippen LogP contribution < -0.4 is 4.74 Å². The fourth-order valence-corrected chi connectivity index (χ4v) is 2.55. The Morgan fingerprint density at radius 3 is 2.61 bits per heavy atom. The molecule has 0 spiro atoms. The fourth-order valence-electron chi connectivity index (χ4n) is 2.55. The smallest absolute Gasteiger partial charge is 0.248 e. The van der Waals surface area contributed by atoms with Gasteiger partial charge in [0.25, 0.3) is 0 Å². The molecule has 1 aromatic rings. The van der Waals surface area contributed by atoms with Crippen molar-refractivity contribution >= 4 is 12.0 Å². The molecule has 0 atom stereocenters. The topological polar surface area (TPSA) is 77.1 Å². The number of nitrogens with zero attached hydrogens (tertiary/aromatic N) is 3. The Morgan fingerprint density at radius 1 is 1.26 bits per heavy atom. The van der Waals surface area contributed by atoms with Gasteiger partial charge in [0.1, 0.15) is 18.8 Å². The van der Waals surface area contributed by atoms with Crippen LogP contribution in [0.25, 0.3) is 6.08 Å². The van der Waals surface area contributed by atoms with Crippen molar-refractivity contribution in [3.63, 3.8) is 0 Å². The third-order valence-corrected chi connectivity index (χ3v) is 3.72. The first-order valence-corrected chi connectivity index (χ1v) is 7.70. The van der Waals surface area contributed by atoms with Crippen LogP contribution in [0.4, 0.5) is 0 Å². The fraction of sp³-hybridized carbons (Fsp3) is 0.389. The predicted molar refractivity (Wildman–Crippen MR) is 86.2 cm³/mol. The van der Waals surface area contributed by atoms with Crippen molar-refractivity contribution in [1.29, 1.82) is 10.5 Å². The second kappa shape index (κ2) is 8.60. The third-order valence-electron chi connectivity index (χ3n) is 3.72. The van der Waals surface area contributed by atoms with Crippen molar-refractivity contribution in [3.8, 4) is 17.9 Å². The summed E-state index contributed by atoms with van der Waals surface area (Å²) in [5.41, 5.74) is 0.850. The van der Waals surface area contributed by atoms with Crippen molar-refractivity contribution in [2.75, 3.05) is 13.1 Å². The van der Waals surface area contributed by atoms with Crippen LogP contribution >= 0.6 is 0 Å². The van der Waals surface area contributed by atoms with Crippen molar-refractivity contribution in [1.82, 2.24) is 4.90 Å². The molecule has 2 rings (SSSR count). The van der Waals surface area contributed by atoms with E-state index in [4.69, 9.17) is 15.3 Å². The van der Waals surface area contributed by atoms with Crippen LogP contribution in [0.3, 0.4) is 0 Å². The van der Waals surface area contributed by atoms with Gasteiger partial charge in [0, 0.05) is 6.08 Å². The number of nitriles is 2. The Hall–Kier alpha value is -2.79. The van der Waals surface area contributed by atoms with Gasteiger partial charge in [0.05, 0.1) is 18.2 Å². The van der Waals surface area contributed by atoms with Gasteiger partial charge in [-0.1, -0.05) is 12.1 Å². The van der Waals surface area contributed by atoms with Gasteiger partial charge in [-0.3, -0.25) is 4.79 Å². The third kappa shape index (κ3) is 5.16. The lowest BCUT2D eigenvalue weighted by atomic mass is 10.2. The van der Waals surface area contributed by atoms with Crippen LogP contribution in [0.2, 0.25) is 0 Å². The molecule has 1 aromatic carbocycles. The maximum absolute atomic E-state index is 12.0. The average molecular weight is 309 g/mol. The summed E-state index contributed by atoms with van der Waals surface area (Å²) in [5.74, 6) is 0.451. The number of hydrogen-bond acceptors (Lipinski definition) is 4. The van der Waals surface area contributed by atoms with E-state index >= 15 is 0 Å². The highest BCUT2D eigenvalue weighted by molar-refractivity contribution is 5.92. The number of benzene rings is 1. The number of hydrogen-bond donors (Lipinski definition) is 0. The summed E-state index contributed by atoms with van der Waals surface area (Å²) in [6.07, 6.45) is 7.96. The average Bonchev–Trinajstić information content (AvgIpc) is 3.06. The number of ether oxygens (including phenoxy) is 1. The minimum atomic E-state index is -0.352. The SMILES string of the molecule is N#CCN(CC#N)C(=O)/C=C/c1cccc(OC2CCCC2)c1. The molecule has 0 saturated heterocycles. The summed E-state index contributed by atoms with van der Waals surface area (Å²) in [4.78, 5) is 13.2. The summed E-state index contributed by atoms with van der Waals surface area (Å²) in [5, 5.41) is 17.4. The molecule has 5 nitrogen and oxygen atoms in total. The van der Waals surface area contributed by atoms with Gasteiger partial charge in [-0.05, 0) is 49.5 Å². The lowest BCUT2D eigenvalue weighted by molar-refractivity contribution is -0.124. The quantitative estimate of drug-likeness (QED) is 0.598. The Bertz CT molecular complexity index is 633. The second-order valence-corrected chi connectivity index (χ2v) is 5.44. The summed E-state index contributed by atoms with van der Waals surface area (Å²) >= 11 is 0. The van der Waals surface area contributed by atoms with Crippen molar-refractivity contribution in [2.45, 2.75) is 31.8 Å². The van der Waals surface area contributed by atoms with Crippen molar-refractivity contribution < 1.29 is 9.53 Å². The lowest BCUT2D eigenvalue weighted by Gasteiger charge is -2.14. The monoisotopic (exact) mass is 309 g/mol. The standard InChI is InChI=1S/C18H19N3O2/c19-10-12-21(13-11-20)18(22)9-8-15-4-3-7-17(14-15)23-16-5-1-2-6-16/h3-4,7-9,14,16H,1-2,5-6,12-13H2/b9-8+. The van der Waals surface area contributed by atoms with Gasteiger partial charge in [-0.15, -0.1) is 0 Å². The molecule has 0 bridgehead atoms. The van der Waals surface area contributed by atoms with E-state index < -0.39 is 0 Å². The van der Waals surface area contributed by atoms with Crippen molar-refractivity contribution in [3.05, 3.63) is 35.9 Å². The molecule has 0 aliphatic heterocycles. The van der Waals surface area contributed by atoms with Crippen LogP contribution in [-0.4, -0.2) is 30.0 Å². The van der Waals surface area contributed by atoms with E-state index in [1.54, 1.807) is 6.08 Å². The molecule has 1 aliphatic rings. The lowest BCUT2D eigenvalue weighted by Crippen LogP contribution is -2.30. The molecule has 0 unspecified atom stereocenters. The highest BCUT2D eigenvalue weighted by Crippen LogP contribution is 2.24. The molecule has 0 radical (unpaired) electrons. The zero-order valence-corrected chi connectivity index (χ0v) is 12.9. The zero-order chi connectivity index (χ0) is 16.5. The predicted octanol–water partition coefficient (Wildman–Crippen LogP) is 2.90. The Labute approximate surface area is 136 Å². The van der Waals surface area contributed by atoms with Gasteiger partial charge >= 0.3 is 0 Å². The van der Waals surface area contributed by atoms with Gasteiger partial charge in [0.2, 0.25) is 5.91 Å². The molecule has 0 aromatic heterocycles. The van der Waals surface area contributed by atoms with Gasteiger partial charge in [-0.25, -0.2) is 0 Å². The Morgan fingerprint density at radius 2 is 1.96 bits per heavy atom. The molecule has 1 aliphatic carbocycles. The highest BCUT2D eigenvalue weighted by atomic mass is 16.5. The zero-order valence-electron chi connectivity index (χ0n) is 12.9. The Kier molecular flexibility index (Phi) is 6.20. The Balaban J connectivity index is 1.99. The molecule has 1 saturated carbocycles. The molecular formula is C18H19N3O2. The summed E-state index contributed by atoms with van der Waals surface area (Å²) in [6.45, 7) is -0.191. The first-order valence-electron chi connectivity index (χ1n) is 7.70. The normalized spacial score (nSPS) is 14.3. The molecule has 118 valence electrons. The summed E-state index contributed by atoms with van der Waals surface area (Å²) < 4.78 is 5.93. The van der Waals surface area contributed by atoms with Crippen LogP contribution in [0.15, 0.2) is 30.3 Å².